The maximum Gasteiger partial charge on any atom is 0.411 e. The van der Waals surface area contributed by atoms with Crippen LogP contribution in [0.15, 0.2) is 60.7 Å². The highest BCUT2D eigenvalue weighted by molar-refractivity contribution is 5.85. The zero-order valence-electron chi connectivity index (χ0n) is 14.6. The third kappa shape index (κ3) is 6.31. The molecule has 0 aromatic heterocycles. The van der Waals surface area contributed by atoms with Gasteiger partial charge in [-0.25, -0.2) is 9.59 Å². The van der Waals surface area contributed by atoms with Crippen molar-refractivity contribution in [1.29, 1.82) is 0 Å². The first-order valence-corrected chi connectivity index (χ1v) is 8.01. The highest BCUT2D eigenvalue weighted by atomic mass is 16.6. The van der Waals surface area contributed by atoms with E-state index in [2.05, 4.69) is 10.6 Å². The van der Waals surface area contributed by atoms with Crippen LogP contribution in [0.2, 0.25) is 0 Å². The van der Waals surface area contributed by atoms with Gasteiger partial charge in [-0.1, -0.05) is 36.4 Å². The van der Waals surface area contributed by atoms with Crippen LogP contribution in [0, 0.1) is 10.1 Å². The summed E-state index contributed by atoms with van der Waals surface area (Å²) < 4.78 is 9.84. The van der Waals surface area contributed by atoms with Crippen molar-refractivity contribution in [1.82, 2.24) is 0 Å². The highest BCUT2D eigenvalue weighted by Crippen LogP contribution is 2.13. The summed E-state index contributed by atoms with van der Waals surface area (Å²) in [5, 5.41) is 16.2. The second kappa shape index (κ2) is 9.18. The molecule has 2 amide bonds. The number of nitrogens with zero attached hydrogens (tertiary/aromatic N) is 1. The number of benzene rings is 2. The van der Waals surface area contributed by atoms with Gasteiger partial charge >= 0.3 is 12.2 Å². The van der Waals surface area contributed by atoms with Crippen LogP contribution in [0.4, 0.5) is 21.0 Å². The first-order valence-electron chi connectivity index (χ1n) is 8.01. The Kier molecular flexibility index (Phi) is 6.70. The molecule has 2 aromatic rings. The van der Waals surface area contributed by atoms with E-state index in [4.69, 9.17) is 9.47 Å². The van der Waals surface area contributed by atoms with Crippen molar-refractivity contribution in [3.63, 3.8) is 0 Å². The summed E-state index contributed by atoms with van der Waals surface area (Å²) >= 11 is 0. The SMILES string of the molecule is CC(COC(=O)Nc1ccccc1)(COC(=O)Nc1ccccc1)[N+](=O)[O-]. The van der Waals surface area contributed by atoms with Crippen molar-refractivity contribution in [3.8, 4) is 0 Å². The molecule has 2 N–H and O–H groups in total. The van der Waals surface area contributed by atoms with Gasteiger partial charge in [0.15, 0.2) is 13.2 Å². The molecule has 0 aliphatic carbocycles. The average molecular weight is 373 g/mol. The second-order valence-electron chi connectivity index (χ2n) is 5.89. The zero-order valence-corrected chi connectivity index (χ0v) is 14.6. The zero-order chi connectivity index (χ0) is 19.7. The molecule has 0 aliphatic rings. The van der Waals surface area contributed by atoms with Crippen LogP contribution in [0.25, 0.3) is 0 Å². The largest absolute Gasteiger partial charge is 0.442 e. The minimum atomic E-state index is -1.79. The van der Waals surface area contributed by atoms with Gasteiger partial charge in [-0.2, -0.15) is 0 Å². The lowest BCUT2D eigenvalue weighted by Crippen LogP contribution is -2.46. The molecule has 0 heterocycles. The summed E-state index contributed by atoms with van der Waals surface area (Å²) in [4.78, 5) is 34.3. The number of nitrogens with one attached hydrogen (secondary N) is 2. The third-order valence-electron chi connectivity index (χ3n) is 3.51. The normalized spacial score (nSPS) is 10.6. The van der Waals surface area contributed by atoms with Crippen molar-refractivity contribution in [3.05, 3.63) is 70.8 Å². The van der Waals surface area contributed by atoms with Gasteiger partial charge in [0.25, 0.3) is 5.54 Å². The molecular formula is C18H19N3O6. The number of rotatable bonds is 7. The third-order valence-corrected chi connectivity index (χ3v) is 3.51. The molecule has 0 bridgehead atoms. The summed E-state index contributed by atoms with van der Waals surface area (Å²) in [6.45, 7) is 0.0765. The van der Waals surface area contributed by atoms with E-state index in [1.165, 1.54) is 6.92 Å². The Morgan fingerprint density at radius 3 is 1.59 bits per heavy atom. The fraction of sp³-hybridized carbons (Fsp3) is 0.222. The molecule has 0 saturated carbocycles. The minimum absolute atomic E-state index is 0.490. The number of anilines is 2. The topological polar surface area (TPSA) is 120 Å². The molecule has 142 valence electrons. The van der Waals surface area contributed by atoms with Crippen LogP contribution in [-0.2, 0) is 9.47 Å². The molecule has 9 heteroatoms. The monoisotopic (exact) mass is 373 g/mol. The number of amides is 2. The van der Waals surface area contributed by atoms with Crippen molar-refractivity contribution in [2.75, 3.05) is 23.8 Å². The summed E-state index contributed by atoms with van der Waals surface area (Å²) in [6, 6.07) is 17.0. The number of para-hydroxylation sites is 2. The Bertz CT molecular complexity index is 725. The smallest absolute Gasteiger partial charge is 0.411 e. The molecule has 2 aromatic carbocycles. The predicted molar refractivity (Wildman–Crippen MR) is 98.2 cm³/mol. The number of carbonyl (C=O) groups excluding carboxylic acids is 2. The molecule has 0 saturated heterocycles. The van der Waals surface area contributed by atoms with E-state index in [1.807, 2.05) is 0 Å². The van der Waals surface area contributed by atoms with Crippen LogP contribution < -0.4 is 10.6 Å². The Morgan fingerprint density at radius 1 is 0.889 bits per heavy atom. The fourth-order valence-electron chi connectivity index (χ4n) is 1.94. The quantitative estimate of drug-likeness (QED) is 0.566. The van der Waals surface area contributed by atoms with Crippen LogP contribution in [0.3, 0.4) is 0 Å². The summed E-state index contributed by atoms with van der Waals surface area (Å²) in [7, 11) is 0. The van der Waals surface area contributed by atoms with E-state index >= 15 is 0 Å². The van der Waals surface area contributed by atoms with E-state index in [0.717, 1.165) is 0 Å². The minimum Gasteiger partial charge on any atom is -0.442 e. The van der Waals surface area contributed by atoms with Crippen molar-refractivity contribution < 1.29 is 24.0 Å². The lowest BCUT2D eigenvalue weighted by Gasteiger charge is -2.20. The Labute approximate surface area is 155 Å². The van der Waals surface area contributed by atoms with Crippen LogP contribution in [0.1, 0.15) is 6.92 Å². The first kappa shape index (κ1) is 19.7. The Balaban J connectivity index is 1.85. The molecular weight excluding hydrogens is 354 g/mol. The van der Waals surface area contributed by atoms with Gasteiger partial charge in [0.05, 0.1) is 0 Å². The van der Waals surface area contributed by atoms with E-state index in [9.17, 15) is 19.7 Å². The summed E-state index contributed by atoms with van der Waals surface area (Å²) in [5.74, 6) is 0. The number of hydrogen-bond donors (Lipinski definition) is 2. The van der Waals surface area contributed by atoms with E-state index in [1.54, 1.807) is 60.7 Å². The van der Waals surface area contributed by atoms with Gasteiger partial charge in [-0.05, 0) is 24.3 Å². The number of nitro groups is 1. The van der Waals surface area contributed by atoms with E-state index in [0.29, 0.717) is 11.4 Å². The maximum absolute atomic E-state index is 11.8. The number of carbonyl (C=O) groups is 2. The Morgan fingerprint density at radius 2 is 1.26 bits per heavy atom. The van der Waals surface area contributed by atoms with Gasteiger partial charge in [-0.3, -0.25) is 20.7 Å². The molecule has 0 aliphatic heterocycles. The van der Waals surface area contributed by atoms with Gasteiger partial charge < -0.3 is 9.47 Å². The lowest BCUT2D eigenvalue weighted by molar-refractivity contribution is -0.571. The average Bonchev–Trinajstić information content (AvgIpc) is 2.66. The molecule has 2 rings (SSSR count). The van der Waals surface area contributed by atoms with Crippen LogP contribution in [-0.4, -0.2) is 35.9 Å². The summed E-state index contributed by atoms with van der Waals surface area (Å²) in [5.41, 5.74) is -0.810. The van der Waals surface area contributed by atoms with Gasteiger partial charge in [0, 0.05) is 23.2 Å². The first-order chi connectivity index (χ1) is 12.9. The van der Waals surface area contributed by atoms with Crippen LogP contribution >= 0.6 is 0 Å². The number of ether oxygens (including phenoxy) is 2. The van der Waals surface area contributed by atoms with E-state index < -0.39 is 35.9 Å². The van der Waals surface area contributed by atoms with Gasteiger partial charge in [0.1, 0.15) is 0 Å². The molecule has 0 unspecified atom stereocenters. The summed E-state index contributed by atoms with van der Waals surface area (Å²) in [6.07, 6.45) is -1.69. The predicted octanol–water partition coefficient (Wildman–Crippen LogP) is 3.52. The highest BCUT2D eigenvalue weighted by Gasteiger charge is 2.41. The maximum atomic E-state index is 11.8. The molecule has 0 spiro atoms. The fourth-order valence-corrected chi connectivity index (χ4v) is 1.94. The van der Waals surface area contributed by atoms with E-state index in [-0.39, 0.29) is 0 Å². The van der Waals surface area contributed by atoms with Crippen molar-refractivity contribution in [2.24, 2.45) is 0 Å². The van der Waals surface area contributed by atoms with Gasteiger partial charge in [0.2, 0.25) is 0 Å². The van der Waals surface area contributed by atoms with Crippen LogP contribution in [0.5, 0.6) is 0 Å². The molecule has 0 fully saturated rings. The number of hydrogen-bond acceptors (Lipinski definition) is 6. The lowest BCUT2D eigenvalue weighted by atomic mass is 10.1. The second-order valence-corrected chi connectivity index (χ2v) is 5.89. The van der Waals surface area contributed by atoms with Gasteiger partial charge in [-0.15, -0.1) is 0 Å². The van der Waals surface area contributed by atoms with Crippen molar-refractivity contribution in [2.45, 2.75) is 12.5 Å². The standard InChI is InChI=1S/C18H19N3O6/c1-18(21(24)25,12-26-16(22)19-14-8-4-2-5-9-14)13-27-17(23)20-15-10-6-3-7-11-15/h2-11H,12-13H2,1H3,(H,19,22)(H,20,23). The van der Waals surface area contributed by atoms with Crippen molar-refractivity contribution >= 4 is 23.6 Å². The molecule has 0 atom stereocenters. The molecule has 0 radical (unpaired) electrons. The molecule has 27 heavy (non-hydrogen) atoms. The molecule has 9 nitrogen and oxygen atoms in total. The Hall–Kier alpha value is -3.62.